The van der Waals surface area contributed by atoms with Crippen LogP contribution in [-0.2, 0) is 0 Å². The third kappa shape index (κ3) is 1.30. The van der Waals surface area contributed by atoms with Crippen LogP contribution in [0.2, 0.25) is 5.02 Å². The van der Waals surface area contributed by atoms with Gasteiger partial charge >= 0.3 is 0 Å². The van der Waals surface area contributed by atoms with Crippen molar-refractivity contribution in [3.05, 3.63) is 34.0 Å². The molecular weight excluding hydrogens is 239 g/mol. The topological polar surface area (TPSA) is 25.8 Å². The van der Waals surface area contributed by atoms with E-state index in [1.807, 2.05) is 12.1 Å². The van der Waals surface area contributed by atoms with Gasteiger partial charge in [0.25, 0.3) is 0 Å². The first-order valence-corrected chi connectivity index (χ1v) is 4.51. The normalized spacial score (nSPS) is 10.5. The van der Waals surface area contributed by atoms with Crippen LogP contribution in [-0.4, -0.2) is 9.97 Å². The van der Waals surface area contributed by atoms with E-state index in [-0.39, 0.29) is 0 Å². The van der Waals surface area contributed by atoms with E-state index in [1.165, 1.54) is 0 Å². The highest BCUT2D eigenvalue weighted by molar-refractivity contribution is 9.10. The largest absolute Gasteiger partial charge is 0.255 e. The van der Waals surface area contributed by atoms with E-state index in [4.69, 9.17) is 11.6 Å². The molecule has 2 rings (SSSR count). The van der Waals surface area contributed by atoms with Gasteiger partial charge in [-0.05, 0) is 34.1 Å². The average Bonchev–Trinajstić information content (AvgIpc) is 2.07. The van der Waals surface area contributed by atoms with Gasteiger partial charge in [0, 0.05) is 6.20 Å². The third-order valence-electron chi connectivity index (χ3n) is 1.50. The van der Waals surface area contributed by atoms with E-state index in [1.54, 1.807) is 12.3 Å². The Bertz CT molecular complexity index is 430. The molecule has 0 radical (unpaired) electrons. The molecule has 2 aromatic heterocycles. The van der Waals surface area contributed by atoms with E-state index in [0.29, 0.717) is 5.02 Å². The lowest BCUT2D eigenvalue weighted by atomic mass is 10.3. The summed E-state index contributed by atoms with van der Waals surface area (Å²) in [4.78, 5) is 8.31. The van der Waals surface area contributed by atoms with Gasteiger partial charge in [-0.25, -0.2) is 4.98 Å². The molecule has 0 fully saturated rings. The van der Waals surface area contributed by atoms with Crippen molar-refractivity contribution in [3.63, 3.8) is 0 Å². The highest BCUT2D eigenvalue weighted by atomic mass is 79.9. The minimum Gasteiger partial charge on any atom is -0.255 e. The number of hydrogen-bond donors (Lipinski definition) is 0. The van der Waals surface area contributed by atoms with Crippen LogP contribution in [0.5, 0.6) is 0 Å². The summed E-state index contributed by atoms with van der Waals surface area (Å²) in [5, 5.41) is 0.626. The first-order chi connectivity index (χ1) is 5.77. The maximum atomic E-state index is 5.91. The van der Waals surface area contributed by atoms with Gasteiger partial charge in [0.1, 0.15) is 10.1 Å². The standard InChI is InChI=1S/C8H4BrClN2/c9-7-2-1-6-8(12-7)5(10)3-4-11-6/h1-4H. The molecule has 0 saturated heterocycles. The lowest BCUT2D eigenvalue weighted by molar-refractivity contribution is 1.30. The van der Waals surface area contributed by atoms with Gasteiger partial charge in [0.05, 0.1) is 10.5 Å². The Balaban J connectivity index is 2.88. The van der Waals surface area contributed by atoms with Crippen LogP contribution >= 0.6 is 27.5 Å². The zero-order valence-electron chi connectivity index (χ0n) is 5.96. The van der Waals surface area contributed by atoms with Crippen molar-refractivity contribution >= 4 is 38.6 Å². The molecule has 0 N–H and O–H groups in total. The van der Waals surface area contributed by atoms with Crippen molar-refractivity contribution < 1.29 is 0 Å². The van der Waals surface area contributed by atoms with Gasteiger partial charge in [-0.3, -0.25) is 4.98 Å². The summed E-state index contributed by atoms with van der Waals surface area (Å²) >= 11 is 9.17. The molecule has 0 aliphatic carbocycles. The van der Waals surface area contributed by atoms with Gasteiger partial charge in [-0.1, -0.05) is 11.6 Å². The number of rotatable bonds is 0. The van der Waals surface area contributed by atoms with Crippen LogP contribution in [0.3, 0.4) is 0 Å². The molecule has 2 aromatic rings. The highest BCUT2D eigenvalue weighted by Gasteiger charge is 2.00. The van der Waals surface area contributed by atoms with Crippen LogP contribution in [0.4, 0.5) is 0 Å². The Kier molecular flexibility index (Phi) is 1.98. The fraction of sp³-hybridized carbons (Fsp3) is 0. The quantitative estimate of drug-likeness (QED) is 0.665. The number of halogens is 2. The smallest absolute Gasteiger partial charge is 0.109 e. The number of pyridine rings is 2. The molecule has 0 amide bonds. The molecule has 2 heterocycles. The predicted octanol–water partition coefficient (Wildman–Crippen LogP) is 3.05. The Morgan fingerprint density at radius 1 is 1.25 bits per heavy atom. The molecule has 0 bridgehead atoms. The predicted molar refractivity (Wildman–Crippen MR) is 52.2 cm³/mol. The lowest BCUT2D eigenvalue weighted by Gasteiger charge is -1.97. The van der Waals surface area contributed by atoms with Crippen LogP contribution in [0.15, 0.2) is 29.0 Å². The summed E-state index contributed by atoms with van der Waals surface area (Å²) in [7, 11) is 0. The van der Waals surface area contributed by atoms with E-state index >= 15 is 0 Å². The third-order valence-corrected chi connectivity index (χ3v) is 2.25. The molecule has 12 heavy (non-hydrogen) atoms. The Labute approximate surface area is 82.7 Å². The Hall–Kier alpha value is -0.670. The lowest BCUT2D eigenvalue weighted by Crippen LogP contribution is -1.83. The van der Waals surface area contributed by atoms with E-state index in [2.05, 4.69) is 25.9 Å². The fourth-order valence-electron chi connectivity index (χ4n) is 0.970. The molecule has 0 aliphatic rings. The average molecular weight is 243 g/mol. The van der Waals surface area contributed by atoms with E-state index in [0.717, 1.165) is 15.6 Å². The van der Waals surface area contributed by atoms with Gasteiger partial charge in [0.15, 0.2) is 0 Å². The number of fused-ring (bicyclic) bond motifs is 1. The first-order valence-electron chi connectivity index (χ1n) is 3.34. The van der Waals surface area contributed by atoms with Crippen LogP contribution < -0.4 is 0 Å². The summed E-state index contributed by atoms with van der Waals surface area (Å²) in [6.07, 6.45) is 1.67. The Morgan fingerprint density at radius 3 is 2.92 bits per heavy atom. The summed E-state index contributed by atoms with van der Waals surface area (Å²) in [5.74, 6) is 0. The number of nitrogens with zero attached hydrogens (tertiary/aromatic N) is 2. The first kappa shape index (κ1) is 7.95. The molecule has 0 unspecified atom stereocenters. The minimum absolute atomic E-state index is 0.626. The zero-order valence-corrected chi connectivity index (χ0v) is 8.30. The van der Waals surface area contributed by atoms with Crippen molar-refractivity contribution in [1.82, 2.24) is 9.97 Å². The summed E-state index contributed by atoms with van der Waals surface area (Å²) < 4.78 is 0.768. The van der Waals surface area contributed by atoms with Crippen LogP contribution in [0, 0.1) is 0 Å². The molecule has 0 aliphatic heterocycles. The summed E-state index contributed by atoms with van der Waals surface area (Å²) in [6, 6.07) is 5.44. The maximum Gasteiger partial charge on any atom is 0.109 e. The number of hydrogen-bond acceptors (Lipinski definition) is 2. The molecule has 0 atom stereocenters. The second-order valence-corrected chi connectivity index (χ2v) is 3.51. The zero-order chi connectivity index (χ0) is 8.55. The van der Waals surface area contributed by atoms with Crippen molar-refractivity contribution in [3.8, 4) is 0 Å². The molecule has 0 aromatic carbocycles. The van der Waals surface area contributed by atoms with Crippen LogP contribution in [0.25, 0.3) is 11.0 Å². The maximum absolute atomic E-state index is 5.91. The Morgan fingerprint density at radius 2 is 2.08 bits per heavy atom. The molecule has 4 heteroatoms. The van der Waals surface area contributed by atoms with Crippen molar-refractivity contribution in [1.29, 1.82) is 0 Å². The SMILES string of the molecule is Clc1ccnc2ccc(Br)nc12. The second kappa shape index (κ2) is 2.99. The summed E-state index contributed by atoms with van der Waals surface area (Å²) in [5.41, 5.74) is 1.54. The highest BCUT2D eigenvalue weighted by Crippen LogP contribution is 2.20. The summed E-state index contributed by atoms with van der Waals surface area (Å²) in [6.45, 7) is 0. The molecule has 60 valence electrons. The van der Waals surface area contributed by atoms with Crippen molar-refractivity contribution in [2.45, 2.75) is 0 Å². The van der Waals surface area contributed by atoms with Crippen molar-refractivity contribution in [2.75, 3.05) is 0 Å². The fourth-order valence-corrected chi connectivity index (χ4v) is 1.47. The molecule has 0 spiro atoms. The van der Waals surface area contributed by atoms with E-state index in [9.17, 15) is 0 Å². The molecule has 2 nitrogen and oxygen atoms in total. The second-order valence-electron chi connectivity index (χ2n) is 2.29. The van der Waals surface area contributed by atoms with Gasteiger partial charge in [0.2, 0.25) is 0 Å². The van der Waals surface area contributed by atoms with Gasteiger partial charge in [-0.2, -0.15) is 0 Å². The van der Waals surface area contributed by atoms with Gasteiger partial charge in [-0.15, -0.1) is 0 Å². The monoisotopic (exact) mass is 242 g/mol. The van der Waals surface area contributed by atoms with Crippen molar-refractivity contribution in [2.24, 2.45) is 0 Å². The van der Waals surface area contributed by atoms with Crippen LogP contribution in [0.1, 0.15) is 0 Å². The molecule has 0 saturated carbocycles. The van der Waals surface area contributed by atoms with Gasteiger partial charge < -0.3 is 0 Å². The number of aromatic nitrogens is 2. The molecular formula is C8H4BrClN2. The van der Waals surface area contributed by atoms with E-state index < -0.39 is 0 Å². The minimum atomic E-state index is 0.626.